The van der Waals surface area contributed by atoms with E-state index in [0.717, 1.165) is 83.6 Å². The molecular formula is C58H56N5OPt-. The normalized spacial score (nSPS) is 12.1. The number of benzene rings is 6. The zero-order valence-corrected chi connectivity index (χ0v) is 41.2. The molecule has 0 amide bonds. The van der Waals surface area contributed by atoms with Gasteiger partial charge in [0.15, 0.2) is 0 Å². The molecule has 0 aliphatic rings. The molecule has 0 unspecified atom stereocenters. The van der Waals surface area contributed by atoms with Crippen molar-refractivity contribution in [3.05, 3.63) is 180 Å². The number of rotatable bonds is 7. The summed E-state index contributed by atoms with van der Waals surface area (Å²) in [5.41, 5.74) is 15.0. The molecular weight excluding hydrogens is 978 g/mol. The second kappa shape index (κ2) is 17.2. The van der Waals surface area contributed by atoms with E-state index < -0.39 is 0 Å². The Bertz CT molecular complexity index is 3130. The number of nitrogens with zero attached hydrogens (tertiary/aromatic N) is 5. The van der Waals surface area contributed by atoms with Crippen LogP contribution in [0.25, 0.3) is 61.3 Å². The Morgan fingerprint density at radius 1 is 0.554 bits per heavy atom. The molecule has 3 aromatic heterocycles. The number of aromatic hydroxyl groups is 1. The third kappa shape index (κ3) is 8.77. The van der Waals surface area contributed by atoms with Crippen LogP contribution in [0.5, 0.6) is 5.75 Å². The van der Waals surface area contributed by atoms with Gasteiger partial charge in [-0.3, -0.25) is 14.5 Å². The molecule has 0 radical (unpaired) electrons. The van der Waals surface area contributed by atoms with Crippen molar-refractivity contribution in [1.29, 1.82) is 0 Å². The van der Waals surface area contributed by atoms with E-state index in [9.17, 15) is 5.11 Å². The molecule has 0 atom stereocenters. The third-order valence-electron chi connectivity index (χ3n) is 12.3. The summed E-state index contributed by atoms with van der Waals surface area (Å²) in [5.74, 6) is 0.819. The van der Waals surface area contributed by atoms with Gasteiger partial charge in [-0.1, -0.05) is 129 Å². The first-order chi connectivity index (χ1) is 30.5. The Morgan fingerprint density at radius 3 is 1.74 bits per heavy atom. The van der Waals surface area contributed by atoms with Crippen LogP contribution in [0.1, 0.15) is 84.6 Å². The van der Waals surface area contributed by atoms with Gasteiger partial charge in [-0.2, -0.15) is 0 Å². The minimum absolute atomic E-state index is 0. The fourth-order valence-electron chi connectivity index (χ4n) is 8.52. The monoisotopic (exact) mass is 1030 g/mol. The molecule has 0 fully saturated rings. The number of phenols is 1. The van der Waals surface area contributed by atoms with Crippen LogP contribution < -0.4 is 4.90 Å². The molecule has 330 valence electrons. The predicted molar refractivity (Wildman–Crippen MR) is 266 cm³/mol. The van der Waals surface area contributed by atoms with E-state index in [0.29, 0.717) is 11.4 Å². The van der Waals surface area contributed by atoms with Gasteiger partial charge in [0.05, 0.1) is 16.6 Å². The van der Waals surface area contributed by atoms with E-state index in [1.54, 1.807) is 0 Å². The predicted octanol–water partition coefficient (Wildman–Crippen LogP) is 15.1. The van der Waals surface area contributed by atoms with Gasteiger partial charge in [0.1, 0.15) is 11.6 Å². The van der Waals surface area contributed by atoms with Gasteiger partial charge in [0.25, 0.3) is 0 Å². The number of anilines is 3. The first kappa shape index (κ1) is 45.2. The van der Waals surface area contributed by atoms with Crippen molar-refractivity contribution in [2.75, 3.05) is 4.90 Å². The average molecular weight is 1030 g/mol. The number of pyridine rings is 2. The number of fused-ring (bicyclic) bond motifs is 2. The fourth-order valence-corrected chi connectivity index (χ4v) is 8.52. The Morgan fingerprint density at radius 2 is 1.14 bits per heavy atom. The summed E-state index contributed by atoms with van der Waals surface area (Å²) >= 11 is 0. The minimum Gasteiger partial charge on any atom is -0.507 e. The Hall–Kier alpha value is -6.36. The van der Waals surface area contributed by atoms with Crippen molar-refractivity contribution in [3.8, 4) is 45.1 Å². The summed E-state index contributed by atoms with van der Waals surface area (Å²) in [7, 11) is 0. The van der Waals surface area contributed by atoms with Crippen LogP contribution in [0.15, 0.2) is 152 Å². The number of hydrogen-bond acceptors (Lipinski definition) is 5. The van der Waals surface area contributed by atoms with Crippen LogP contribution in [0, 0.1) is 13.0 Å². The fraction of sp³-hybridized carbons (Fsp3) is 0.224. The standard InChI is InChI=1S/C58H56N5O.Pt/c1-37-27-28-60-53-49(37)35-59-36-50(53)39-29-38(30-42(31-39)58(8,9)10)47-33-46(62(43-17-13-11-14-18-43)44-19-15-12-16-20-44)34-51-54(47)61-55(48-32-41(57(5,6)7)23-26-52(48)64)63(51)45-24-21-40(22-25-45)56(2,3)4;/h11-28,30-36,64H,1-10H3;/q-1;. The average Bonchev–Trinajstić information content (AvgIpc) is 3.65. The third-order valence-corrected chi connectivity index (χ3v) is 12.3. The number of phenolic OH excluding ortho intramolecular Hbond substituents is 1. The maximum atomic E-state index is 11.8. The van der Waals surface area contributed by atoms with Gasteiger partial charge >= 0.3 is 0 Å². The quantitative estimate of drug-likeness (QED) is 0.161. The molecule has 0 aliphatic carbocycles. The second-order valence-electron chi connectivity index (χ2n) is 20.1. The van der Waals surface area contributed by atoms with Gasteiger partial charge in [0, 0.05) is 73.3 Å². The van der Waals surface area contributed by atoms with Gasteiger partial charge < -0.3 is 10.0 Å². The molecule has 1 N–H and O–H groups in total. The molecule has 0 bridgehead atoms. The Balaban J connectivity index is 0.00000576. The van der Waals surface area contributed by atoms with Gasteiger partial charge in [-0.15, -0.1) is 34.9 Å². The van der Waals surface area contributed by atoms with Crippen LogP contribution in [0.4, 0.5) is 17.1 Å². The van der Waals surface area contributed by atoms with Gasteiger partial charge in [-0.25, -0.2) is 4.98 Å². The molecule has 7 heteroatoms. The number of para-hydroxylation sites is 2. The van der Waals surface area contributed by atoms with Gasteiger partial charge in [-0.05, 0) is 106 Å². The van der Waals surface area contributed by atoms with Crippen LogP contribution in [0.2, 0.25) is 0 Å². The first-order valence-corrected chi connectivity index (χ1v) is 22.2. The maximum absolute atomic E-state index is 11.8. The van der Waals surface area contributed by atoms with Crippen molar-refractivity contribution < 1.29 is 26.2 Å². The molecule has 3 heterocycles. The van der Waals surface area contributed by atoms with Crippen molar-refractivity contribution in [2.24, 2.45) is 0 Å². The number of aromatic nitrogens is 4. The van der Waals surface area contributed by atoms with E-state index in [-0.39, 0.29) is 43.1 Å². The van der Waals surface area contributed by atoms with E-state index >= 15 is 0 Å². The van der Waals surface area contributed by atoms with Crippen molar-refractivity contribution in [3.63, 3.8) is 0 Å². The van der Waals surface area contributed by atoms with Crippen molar-refractivity contribution in [1.82, 2.24) is 19.5 Å². The molecule has 9 aromatic rings. The zero-order chi connectivity index (χ0) is 45.1. The Labute approximate surface area is 398 Å². The minimum atomic E-state index is -0.213. The smallest absolute Gasteiger partial charge is 0.148 e. The van der Waals surface area contributed by atoms with Crippen molar-refractivity contribution in [2.45, 2.75) is 85.5 Å². The summed E-state index contributed by atoms with van der Waals surface area (Å²) in [5, 5.41) is 12.9. The maximum Gasteiger partial charge on any atom is 0.148 e. The first-order valence-electron chi connectivity index (χ1n) is 22.2. The SMILES string of the molecule is Cc1ccnc2c(-c3[c-]c(-c4cc(N(c5ccccc5)c5ccccc5)cc5c4nc(-c4cc(C(C)(C)C)ccc4O)n5-c4ccc(C(C)(C)C)cc4)cc(C(C)(C)C)c3)cncc12.[Pt]. The Kier molecular flexibility index (Phi) is 12.0. The van der Waals surface area contributed by atoms with Gasteiger partial charge in [0.2, 0.25) is 0 Å². The molecule has 0 aliphatic heterocycles. The van der Waals surface area contributed by atoms with Crippen LogP contribution in [-0.4, -0.2) is 24.6 Å². The number of aryl methyl sites for hydroxylation is 1. The van der Waals surface area contributed by atoms with Crippen LogP contribution in [-0.2, 0) is 37.3 Å². The summed E-state index contributed by atoms with van der Waals surface area (Å²) in [6.45, 7) is 22.1. The summed E-state index contributed by atoms with van der Waals surface area (Å²) in [6.07, 6.45) is 5.68. The molecule has 9 rings (SSSR count). The number of hydrogen-bond donors (Lipinski definition) is 1. The zero-order valence-electron chi connectivity index (χ0n) is 38.9. The number of imidazole rings is 1. The molecule has 0 saturated carbocycles. The van der Waals surface area contributed by atoms with E-state index in [4.69, 9.17) is 15.0 Å². The molecule has 0 spiro atoms. The molecule has 6 aromatic carbocycles. The topological polar surface area (TPSA) is 67.1 Å². The summed E-state index contributed by atoms with van der Waals surface area (Å²) < 4.78 is 2.22. The molecule has 6 nitrogen and oxygen atoms in total. The second-order valence-corrected chi connectivity index (χ2v) is 20.1. The van der Waals surface area contributed by atoms with E-state index in [2.05, 4.69) is 200 Å². The molecule has 65 heavy (non-hydrogen) atoms. The van der Waals surface area contributed by atoms with E-state index in [1.807, 2.05) is 36.8 Å². The van der Waals surface area contributed by atoms with Crippen molar-refractivity contribution >= 4 is 39.0 Å². The van der Waals surface area contributed by atoms with E-state index in [1.165, 1.54) is 5.56 Å². The largest absolute Gasteiger partial charge is 0.507 e. The summed E-state index contributed by atoms with van der Waals surface area (Å²) in [6, 6.07) is 50.7. The summed E-state index contributed by atoms with van der Waals surface area (Å²) in [4.78, 5) is 17.6. The van der Waals surface area contributed by atoms with Crippen LogP contribution in [0.3, 0.4) is 0 Å². The van der Waals surface area contributed by atoms with Crippen LogP contribution >= 0.6 is 0 Å². The molecule has 0 saturated heterocycles.